The summed E-state index contributed by atoms with van der Waals surface area (Å²) in [6.07, 6.45) is 0. The number of anilines is 2. The van der Waals surface area contributed by atoms with Gasteiger partial charge in [-0.15, -0.1) is 0 Å². The highest BCUT2D eigenvalue weighted by Crippen LogP contribution is 2.22. The lowest BCUT2D eigenvalue weighted by atomic mass is 10.0. The normalized spacial score (nSPS) is 10.8. The highest BCUT2D eigenvalue weighted by Gasteiger charge is 2.17. The first kappa shape index (κ1) is 26.5. The van der Waals surface area contributed by atoms with Gasteiger partial charge in [0, 0.05) is 17.3 Å². The smallest absolute Gasteiger partial charge is 0.321 e. The molecule has 0 aliphatic rings. The monoisotopic (exact) mass is 549 g/mol. The van der Waals surface area contributed by atoms with Gasteiger partial charge in [-0.3, -0.25) is 14.8 Å². The van der Waals surface area contributed by atoms with E-state index in [1.807, 2.05) is 42.5 Å². The van der Waals surface area contributed by atoms with E-state index in [1.54, 1.807) is 12.1 Å². The molecule has 38 heavy (non-hydrogen) atoms. The van der Waals surface area contributed by atoms with Crippen molar-refractivity contribution in [3.8, 4) is 23.0 Å². The molecule has 0 atom stereocenters. The summed E-state index contributed by atoms with van der Waals surface area (Å²) < 4.78 is 37.9. The Balaban J connectivity index is 1.37. The molecule has 12 heteroatoms. The SMILES string of the molecule is COc1cc(NS(=O)(=O)c2ccc(NC(=S)NC(=O)c3ccc(-c4ccccc4)cc3)cc2)nc(OC)n1. The van der Waals surface area contributed by atoms with Gasteiger partial charge in [0.15, 0.2) is 10.9 Å². The fraction of sp³-hybridized carbons (Fsp3) is 0.0769. The number of nitrogens with one attached hydrogen (secondary N) is 3. The molecule has 0 fully saturated rings. The van der Waals surface area contributed by atoms with Crippen molar-refractivity contribution in [2.45, 2.75) is 4.90 Å². The van der Waals surface area contributed by atoms with E-state index in [9.17, 15) is 13.2 Å². The zero-order valence-electron chi connectivity index (χ0n) is 20.3. The van der Waals surface area contributed by atoms with Crippen LogP contribution in [0, 0.1) is 0 Å². The van der Waals surface area contributed by atoms with Gasteiger partial charge in [-0.05, 0) is 59.7 Å². The largest absolute Gasteiger partial charge is 0.481 e. The summed E-state index contributed by atoms with van der Waals surface area (Å²) in [7, 11) is -1.23. The minimum absolute atomic E-state index is 0.0170. The van der Waals surface area contributed by atoms with E-state index >= 15 is 0 Å². The predicted octanol–water partition coefficient (Wildman–Crippen LogP) is 4.09. The minimum atomic E-state index is -3.97. The van der Waals surface area contributed by atoms with Gasteiger partial charge in [-0.1, -0.05) is 42.5 Å². The number of hydrogen-bond acceptors (Lipinski definition) is 8. The molecule has 0 unspecified atom stereocenters. The van der Waals surface area contributed by atoms with Crippen LogP contribution in [0.1, 0.15) is 10.4 Å². The number of thiocarbonyl (C=S) groups is 1. The van der Waals surface area contributed by atoms with E-state index in [-0.39, 0.29) is 33.6 Å². The van der Waals surface area contributed by atoms with E-state index in [4.69, 9.17) is 21.7 Å². The standard InChI is InChI=1S/C26H23N5O5S2/c1-35-23-16-22(28-25(29-23)36-2)31-38(33,34)21-14-12-20(13-15-21)27-26(37)30-24(32)19-10-8-18(9-11-19)17-6-4-3-5-7-17/h3-16H,1-2H3,(H,28,29,31)(H2,27,30,32,37). The van der Waals surface area contributed by atoms with Crippen LogP contribution >= 0.6 is 12.2 Å². The quantitative estimate of drug-likeness (QED) is 0.278. The maximum absolute atomic E-state index is 12.8. The van der Waals surface area contributed by atoms with Crippen LogP contribution in [-0.4, -0.2) is 43.6 Å². The van der Waals surface area contributed by atoms with Gasteiger partial charge in [-0.25, -0.2) is 8.42 Å². The summed E-state index contributed by atoms with van der Waals surface area (Å²) in [4.78, 5) is 20.5. The van der Waals surface area contributed by atoms with Crippen molar-refractivity contribution in [1.82, 2.24) is 15.3 Å². The number of benzene rings is 3. The van der Waals surface area contributed by atoms with Crippen LogP contribution in [0.4, 0.5) is 11.5 Å². The molecule has 0 saturated heterocycles. The number of methoxy groups -OCH3 is 2. The minimum Gasteiger partial charge on any atom is -0.481 e. The van der Waals surface area contributed by atoms with E-state index in [0.717, 1.165) is 11.1 Å². The van der Waals surface area contributed by atoms with Crippen LogP contribution in [0.2, 0.25) is 0 Å². The van der Waals surface area contributed by atoms with Crippen molar-refractivity contribution >= 4 is 44.8 Å². The highest BCUT2D eigenvalue weighted by atomic mass is 32.2. The fourth-order valence-corrected chi connectivity index (χ4v) is 4.55. The van der Waals surface area contributed by atoms with Crippen LogP contribution < -0.4 is 24.8 Å². The third-order valence-corrected chi connectivity index (χ3v) is 6.79. The summed E-state index contributed by atoms with van der Waals surface area (Å²) in [5.41, 5.74) is 2.97. The Hall–Kier alpha value is -4.55. The van der Waals surface area contributed by atoms with E-state index in [1.165, 1.54) is 44.6 Å². The molecule has 1 heterocycles. The van der Waals surface area contributed by atoms with Gasteiger partial charge in [0.05, 0.1) is 19.1 Å². The van der Waals surface area contributed by atoms with Crippen LogP contribution in [0.5, 0.6) is 11.9 Å². The number of nitrogens with zero attached hydrogens (tertiary/aromatic N) is 2. The molecule has 0 aliphatic heterocycles. The van der Waals surface area contributed by atoms with Crippen molar-refractivity contribution in [3.05, 3.63) is 90.5 Å². The number of hydrogen-bond donors (Lipinski definition) is 3. The fourth-order valence-electron chi connectivity index (χ4n) is 3.35. The van der Waals surface area contributed by atoms with Crippen molar-refractivity contribution in [1.29, 1.82) is 0 Å². The molecule has 0 spiro atoms. The molecule has 10 nitrogen and oxygen atoms in total. The van der Waals surface area contributed by atoms with Crippen LogP contribution in [0.25, 0.3) is 11.1 Å². The second-order valence-corrected chi connectivity index (χ2v) is 9.85. The first-order valence-corrected chi connectivity index (χ1v) is 13.0. The average Bonchev–Trinajstić information content (AvgIpc) is 2.93. The lowest BCUT2D eigenvalue weighted by Crippen LogP contribution is -2.34. The lowest BCUT2D eigenvalue weighted by Gasteiger charge is -2.12. The predicted molar refractivity (Wildman–Crippen MR) is 148 cm³/mol. The summed E-state index contributed by atoms with van der Waals surface area (Å²) in [5.74, 6) is -0.255. The summed E-state index contributed by atoms with van der Waals surface area (Å²) >= 11 is 5.24. The maximum Gasteiger partial charge on any atom is 0.321 e. The van der Waals surface area contributed by atoms with Crippen molar-refractivity contribution in [3.63, 3.8) is 0 Å². The molecule has 0 bridgehead atoms. The van der Waals surface area contributed by atoms with E-state index < -0.39 is 10.0 Å². The molecule has 1 aromatic heterocycles. The second kappa shape index (κ2) is 11.7. The first-order chi connectivity index (χ1) is 18.3. The molecule has 4 rings (SSSR count). The Bertz CT molecular complexity index is 1520. The topological polar surface area (TPSA) is 132 Å². The molecule has 4 aromatic rings. The Labute approximate surface area is 225 Å². The summed E-state index contributed by atoms with van der Waals surface area (Å²) in [6.45, 7) is 0. The lowest BCUT2D eigenvalue weighted by molar-refractivity contribution is 0.0977. The molecule has 3 aromatic carbocycles. The number of carbonyl (C=O) groups excluding carboxylic acids is 1. The summed E-state index contributed by atoms with van der Waals surface area (Å²) in [5, 5.41) is 5.55. The van der Waals surface area contributed by atoms with E-state index in [0.29, 0.717) is 11.3 Å². The molecular weight excluding hydrogens is 526 g/mol. The molecule has 3 N–H and O–H groups in total. The molecular formula is C26H23N5O5S2. The molecule has 0 radical (unpaired) electrons. The van der Waals surface area contributed by atoms with Crippen molar-refractivity contribution in [2.75, 3.05) is 24.3 Å². The van der Waals surface area contributed by atoms with Gasteiger partial charge in [0.2, 0.25) is 5.88 Å². The number of sulfonamides is 1. The molecule has 1 amide bonds. The number of rotatable bonds is 8. The zero-order chi connectivity index (χ0) is 27.1. The van der Waals surface area contributed by atoms with Gasteiger partial charge < -0.3 is 14.8 Å². The molecule has 0 saturated carbocycles. The highest BCUT2D eigenvalue weighted by molar-refractivity contribution is 7.92. The van der Waals surface area contributed by atoms with Crippen LogP contribution in [-0.2, 0) is 10.0 Å². The van der Waals surface area contributed by atoms with Gasteiger partial charge >= 0.3 is 6.01 Å². The van der Waals surface area contributed by atoms with Gasteiger partial charge in [-0.2, -0.15) is 9.97 Å². The first-order valence-electron chi connectivity index (χ1n) is 11.1. The summed E-state index contributed by atoms with van der Waals surface area (Å²) in [6, 6.07) is 24.1. The Morgan fingerprint density at radius 3 is 2.13 bits per heavy atom. The zero-order valence-corrected chi connectivity index (χ0v) is 22.0. The number of aromatic nitrogens is 2. The Kier molecular flexibility index (Phi) is 8.14. The Morgan fingerprint density at radius 1 is 0.842 bits per heavy atom. The molecule has 0 aliphatic carbocycles. The Morgan fingerprint density at radius 2 is 1.50 bits per heavy atom. The third kappa shape index (κ3) is 6.60. The van der Waals surface area contributed by atoms with Crippen LogP contribution in [0.15, 0.2) is 89.8 Å². The molecule has 194 valence electrons. The average molecular weight is 550 g/mol. The van der Waals surface area contributed by atoms with Gasteiger partial charge in [0.1, 0.15) is 0 Å². The van der Waals surface area contributed by atoms with Gasteiger partial charge in [0.25, 0.3) is 15.9 Å². The number of ether oxygens (including phenoxy) is 2. The maximum atomic E-state index is 12.8. The number of carbonyl (C=O) groups is 1. The van der Waals surface area contributed by atoms with Crippen molar-refractivity contribution < 1.29 is 22.7 Å². The van der Waals surface area contributed by atoms with Crippen molar-refractivity contribution in [2.24, 2.45) is 0 Å². The van der Waals surface area contributed by atoms with E-state index in [2.05, 4.69) is 25.3 Å². The third-order valence-electron chi connectivity index (χ3n) is 5.22. The van der Waals surface area contributed by atoms with Crippen LogP contribution in [0.3, 0.4) is 0 Å². The number of amides is 1. The second-order valence-electron chi connectivity index (χ2n) is 7.76.